The molecule has 0 saturated heterocycles. The molecule has 1 saturated carbocycles. The van der Waals surface area contributed by atoms with Crippen LogP contribution in [0.1, 0.15) is 49.9 Å². The molecule has 52 heavy (non-hydrogen) atoms. The van der Waals surface area contributed by atoms with Gasteiger partial charge in [0.15, 0.2) is 0 Å². The van der Waals surface area contributed by atoms with Crippen molar-refractivity contribution in [1.29, 1.82) is 0 Å². The minimum atomic E-state index is -5.62. The predicted molar refractivity (Wildman–Crippen MR) is 191 cm³/mol. The lowest BCUT2D eigenvalue weighted by atomic mass is 9.68. The number of hydrogen-bond donors (Lipinski definition) is 0. The largest absolute Gasteiger partial charge is 0.380 e. The second-order valence-corrected chi connectivity index (χ2v) is 16.6. The third-order valence-electron chi connectivity index (χ3n) is 10.5. The van der Waals surface area contributed by atoms with Crippen molar-refractivity contribution >= 4 is 33.3 Å². The SMILES string of the molecule is CC1=C2SC3(C)C1=C1C(=C4C(C)=C(SC43C)c3ccc(cc3)COCCOCCOCCOCCOCc3ccc2cc3)C(F)(F)C(F)(F)C1(F)F. The molecule has 7 aliphatic rings. The zero-order valence-corrected chi connectivity index (χ0v) is 30.9. The highest BCUT2D eigenvalue weighted by Gasteiger charge is 2.84. The van der Waals surface area contributed by atoms with Crippen LogP contribution in [0, 0.1) is 0 Å². The molecule has 5 nitrogen and oxygen atoms in total. The molecular weight excluding hydrogens is 727 g/mol. The highest BCUT2D eigenvalue weighted by molar-refractivity contribution is 8.14. The molecule has 2 atom stereocenters. The molecule has 280 valence electrons. The van der Waals surface area contributed by atoms with Gasteiger partial charge in [0.05, 0.1) is 75.6 Å². The molecule has 0 radical (unpaired) electrons. The first-order valence-electron chi connectivity index (χ1n) is 17.2. The number of thioether (sulfide) groups is 2. The Bertz CT molecular complexity index is 1720. The molecule has 5 heterocycles. The van der Waals surface area contributed by atoms with Crippen molar-refractivity contribution in [1.82, 2.24) is 0 Å². The van der Waals surface area contributed by atoms with Crippen LogP contribution in [0.15, 0.2) is 82.0 Å². The normalized spacial score (nSPS) is 29.5. The first-order valence-corrected chi connectivity index (χ1v) is 18.8. The molecule has 13 heteroatoms. The lowest BCUT2D eigenvalue weighted by Crippen LogP contribution is -2.49. The van der Waals surface area contributed by atoms with E-state index >= 15 is 26.3 Å². The zero-order valence-electron chi connectivity index (χ0n) is 29.3. The number of alkyl halides is 6. The minimum absolute atomic E-state index is 0.147. The summed E-state index contributed by atoms with van der Waals surface area (Å²) < 4.78 is 121. The van der Waals surface area contributed by atoms with E-state index in [1.165, 1.54) is 23.5 Å². The fraction of sp³-hybridized carbons (Fsp3) is 0.487. The topological polar surface area (TPSA) is 46.2 Å². The van der Waals surface area contributed by atoms with Gasteiger partial charge in [-0.05, 0) is 72.2 Å². The first kappa shape index (κ1) is 37.8. The second kappa shape index (κ2) is 14.0. The summed E-state index contributed by atoms with van der Waals surface area (Å²) in [6.07, 6.45) is 0. The number of allylic oxidation sites excluding steroid dienone is 4. The summed E-state index contributed by atoms with van der Waals surface area (Å²) in [4.78, 5) is 1.16. The smallest absolute Gasteiger partial charge is 0.377 e. The van der Waals surface area contributed by atoms with Crippen LogP contribution in [-0.2, 0) is 36.9 Å². The van der Waals surface area contributed by atoms with Crippen LogP contribution in [0.5, 0.6) is 0 Å². The molecule has 0 amide bonds. The van der Waals surface area contributed by atoms with Gasteiger partial charge in [-0.1, -0.05) is 48.5 Å². The molecule has 0 aromatic heterocycles. The number of halogens is 6. The Labute approximate surface area is 307 Å². The Morgan fingerprint density at radius 2 is 0.769 bits per heavy atom. The average molecular weight is 767 g/mol. The molecule has 2 aliphatic carbocycles. The van der Waals surface area contributed by atoms with E-state index < -0.39 is 38.4 Å². The van der Waals surface area contributed by atoms with Gasteiger partial charge >= 0.3 is 17.8 Å². The number of fused-ring (bicyclic) bond motifs is 3. The Morgan fingerprint density at radius 1 is 0.462 bits per heavy atom. The molecule has 1 fully saturated rings. The van der Waals surface area contributed by atoms with Crippen molar-refractivity contribution < 1.29 is 50.0 Å². The summed E-state index contributed by atoms with van der Waals surface area (Å²) in [5.41, 5.74) is 0.852. The van der Waals surface area contributed by atoms with Gasteiger partial charge in [0, 0.05) is 21.0 Å². The van der Waals surface area contributed by atoms with Crippen LogP contribution in [0.25, 0.3) is 9.81 Å². The standard InChI is InChI=1S/C39H40F6O5S2/c1-23-29-31-32(38(42,43)39(44,45)37(31,40)41)30-24(2)34-28-11-7-26(8-12-28)22-50-20-18-48-16-14-46-13-15-47-17-19-49-21-25-5-9-27(10-6-25)33(23)51-35(29,3)36(30,4)52-34/h5-12H,13-22H2,1-4H3. The highest BCUT2D eigenvalue weighted by atomic mass is 32.2. The van der Waals surface area contributed by atoms with Gasteiger partial charge in [0.25, 0.3) is 0 Å². The van der Waals surface area contributed by atoms with Gasteiger partial charge in [0.1, 0.15) is 0 Å². The maximum Gasteiger partial charge on any atom is 0.380 e. The van der Waals surface area contributed by atoms with Gasteiger partial charge in [-0.25, -0.2) is 0 Å². The van der Waals surface area contributed by atoms with Crippen LogP contribution in [-0.4, -0.2) is 80.1 Å². The van der Waals surface area contributed by atoms with Gasteiger partial charge < -0.3 is 23.7 Å². The summed E-state index contributed by atoms with van der Waals surface area (Å²) in [5.74, 6) is -15.8. The summed E-state index contributed by atoms with van der Waals surface area (Å²) >= 11 is 2.54. The minimum Gasteiger partial charge on any atom is -0.377 e. The maximum atomic E-state index is 16.1. The molecule has 0 spiro atoms. The quantitative estimate of drug-likeness (QED) is 0.248. The monoisotopic (exact) mass is 766 g/mol. The van der Waals surface area contributed by atoms with E-state index in [0.29, 0.717) is 98.2 Å². The van der Waals surface area contributed by atoms with Crippen molar-refractivity contribution in [2.24, 2.45) is 0 Å². The average Bonchev–Trinajstić information content (AvgIpc) is 3.58. The molecule has 0 N–H and O–H groups in total. The fourth-order valence-corrected chi connectivity index (χ4v) is 11.1. The van der Waals surface area contributed by atoms with E-state index in [1.54, 1.807) is 27.7 Å². The third kappa shape index (κ3) is 5.84. The van der Waals surface area contributed by atoms with Gasteiger partial charge in [-0.15, -0.1) is 23.5 Å². The van der Waals surface area contributed by atoms with Gasteiger partial charge in [-0.2, -0.15) is 26.3 Å². The van der Waals surface area contributed by atoms with Gasteiger partial charge in [-0.3, -0.25) is 0 Å². The number of ether oxygens (including phenoxy) is 5. The second-order valence-electron chi connectivity index (χ2n) is 13.7. The van der Waals surface area contributed by atoms with Crippen molar-refractivity contribution in [3.63, 3.8) is 0 Å². The van der Waals surface area contributed by atoms with E-state index in [4.69, 9.17) is 23.7 Å². The first-order chi connectivity index (χ1) is 24.7. The van der Waals surface area contributed by atoms with E-state index in [1.807, 2.05) is 48.5 Å². The summed E-state index contributed by atoms with van der Waals surface area (Å²) in [6.45, 7) is 10.4. The van der Waals surface area contributed by atoms with Crippen molar-refractivity contribution in [3.8, 4) is 0 Å². The number of benzene rings is 2. The van der Waals surface area contributed by atoms with E-state index in [-0.39, 0.29) is 11.1 Å². The summed E-state index contributed by atoms with van der Waals surface area (Å²) in [7, 11) is 0. The lowest BCUT2D eigenvalue weighted by Gasteiger charge is -2.48. The molecule has 2 unspecified atom stereocenters. The Kier molecular flexibility index (Phi) is 10.1. The van der Waals surface area contributed by atoms with Crippen molar-refractivity contribution in [2.75, 3.05) is 52.9 Å². The Balaban J connectivity index is 1.31. The summed E-state index contributed by atoms with van der Waals surface area (Å²) in [6, 6.07) is 14.7. The molecule has 8 bridgehead atoms. The van der Waals surface area contributed by atoms with Crippen LogP contribution in [0.3, 0.4) is 0 Å². The fourth-order valence-electron chi connectivity index (χ4n) is 7.73. The number of rotatable bonds is 0. The maximum absolute atomic E-state index is 16.1. The summed E-state index contributed by atoms with van der Waals surface area (Å²) in [5, 5.41) is 0. The molecular formula is C39H40F6O5S2. The van der Waals surface area contributed by atoms with E-state index in [9.17, 15) is 0 Å². The molecule has 9 rings (SSSR count). The van der Waals surface area contributed by atoms with Crippen LogP contribution in [0.2, 0.25) is 0 Å². The third-order valence-corrected chi connectivity index (χ3v) is 14.2. The molecule has 2 aromatic carbocycles. The van der Waals surface area contributed by atoms with E-state index in [0.717, 1.165) is 11.1 Å². The predicted octanol–water partition coefficient (Wildman–Crippen LogP) is 9.48. The van der Waals surface area contributed by atoms with Crippen LogP contribution < -0.4 is 0 Å². The Morgan fingerprint density at radius 3 is 1.10 bits per heavy atom. The zero-order chi connectivity index (χ0) is 37.1. The Hall–Kier alpha value is -2.52. The van der Waals surface area contributed by atoms with E-state index in [2.05, 4.69) is 0 Å². The highest BCUT2D eigenvalue weighted by Crippen LogP contribution is 2.77. The van der Waals surface area contributed by atoms with Crippen LogP contribution in [0.4, 0.5) is 26.3 Å². The van der Waals surface area contributed by atoms with Gasteiger partial charge in [0.2, 0.25) is 0 Å². The van der Waals surface area contributed by atoms with Crippen molar-refractivity contribution in [3.05, 3.63) is 104 Å². The molecule has 2 aromatic rings. The number of hydrogen-bond acceptors (Lipinski definition) is 7. The van der Waals surface area contributed by atoms with Crippen molar-refractivity contribution in [2.45, 2.75) is 68.2 Å². The van der Waals surface area contributed by atoms with Crippen LogP contribution >= 0.6 is 23.5 Å². The lowest BCUT2D eigenvalue weighted by molar-refractivity contribution is -0.258. The molecule has 5 aliphatic heterocycles.